The molecule has 1 amide bonds. The predicted octanol–water partition coefficient (Wildman–Crippen LogP) is 9.46. The predicted molar refractivity (Wildman–Crippen MR) is 208 cm³/mol. The molecule has 0 bridgehead atoms. The van der Waals surface area contributed by atoms with Crippen molar-refractivity contribution in [2.24, 2.45) is 11.3 Å². The highest BCUT2D eigenvalue weighted by Crippen LogP contribution is 2.43. The Labute approximate surface area is 309 Å². The Bertz CT molecular complexity index is 1650. The first-order valence-electron chi connectivity index (χ1n) is 19.1. The molecule has 2 unspecified atom stereocenters. The van der Waals surface area contributed by atoms with Crippen molar-refractivity contribution in [1.29, 1.82) is 5.26 Å². The summed E-state index contributed by atoms with van der Waals surface area (Å²) >= 11 is 6.82. The minimum absolute atomic E-state index is 0.0998. The highest BCUT2D eigenvalue weighted by Gasteiger charge is 2.39. The number of carbonyl (C=O) groups is 1. The SMILES string of the molecule is CCOc1cc2ncc(C#N)c(Nc3ccc(OCC4NCC5(CCCCCCCCC5)CC4CC)c(Cl)c3)c2cc1NC(=O)CCCN(C)C. The van der Waals surface area contributed by atoms with Gasteiger partial charge in [-0.15, -0.1) is 0 Å². The highest BCUT2D eigenvalue weighted by molar-refractivity contribution is 6.32. The van der Waals surface area contributed by atoms with Gasteiger partial charge in [-0.25, -0.2) is 0 Å². The zero-order valence-corrected chi connectivity index (χ0v) is 31.8. The van der Waals surface area contributed by atoms with Crippen LogP contribution in [0, 0.1) is 22.7 Å². The standard InChI is InChI=1S/C41H57ClN6O3/c1-5-29-24-41(18-12-10-8-7-9-11-13-19-41)28-45-36(29)27-51-37-17-16-31(21-33(37)42)46-40-30(25-43)26-44-34-23-38(50-6-2)35(22-32(34)40)47-39(49)15-14-20-48(3)4/h16-17,21-23,26,29,36,45H,5-15,18-20,24,27-28H2,1-4H3,(H,44,46)(H,47,49). The van der Waals surface area contributed by atoms with E-state index in [1.807, 2.05) is 45.3 Å². The van der Waals surface area contributed by atoms with E-state index in [0.717, 1.165) is 25.9 Å². The number of hydrogen-bond acceptors (Lipinski definition) is 8. The van der Waals surface area contributed by atoms with Crippen LogP contribution in [0.2, 0.25) is 5.02 Å². The first-order valence-corrected chi connectivity index (χ1v) is 19.5. The van der Waals surface area contributed by atoms with Crippen molar-refractivity contribution in [3.8, 4) is 17.6 Å². The van der Waals surface area contributed by atoms with Crippen molar-refractivity contribution in [2.45, 2.75) is 103 Å². The quantitative estimate of drug-likeness (QED) is 0.160. The molecule has 2 aliphatic rings. The van der Waals surface area contributed by atoms with Gasteiger partial charge in [-0.2, -0.15) is 5.26 Å². The Hall–Kier alpha value is -3.58. The average molecular weight is 717 g/mol. The smallest absolute Gasteiger partial charge is 0.224 e. The van der Waals surface area contributed by atoms with Crippen LogP contribution in [0.3, 0.4) is 0 Å². The van der Waals surface area contributed by atoms with Crippen LogP contribution in [-0.4, -0.2) is 62.2 Å². The van der Waals surface area contributed by atoms with Crippen molar-refractivity contribution < 1.29 is 14.3 Å². The number of aromatic nitrogens is 1. The molecule has 51 heavy (non-hydrogen) atoms. The van der Waals surface area contributed by atoms with Gasteiger partial charge in [0, 0.05) is 42.3 Å². The highest BCUT2D eigenvalue weighted by atomic mass is 35.5. The number of pyridine rings is 1. The second-order valence-electron chi connectivity index (χ2n) is 14.8. The summed E-state index contributed by atoms with van der Waals surface area (Å²) in [5.41, 5.74) is 3.24. The third kappa shape index (κ3) is 10.5. The lowest BCUT2D eigenvalue weighted by atomic mass is 9.67. The number of halogens is 1. The summed E-state index contributed by atoms with van der Waals surface area (Å²) in [6.45, 7) is 7.10. The monoisotopic (exact) mass is 716 g/mol. The summed E-state index contributed by atoms with van der Waals surface area (Å²) in [4.78, 5) is 19.4. The molecule has 0 radical (unpaired) electrons. The van der Waals surface area contributed by atoms with Crippen LogP contribution in [0.15, 0.2) is 36.5 Å². The van der Waals surface area contributed by atoms with Crippen LogP contribution in [-0.2, 0) is 4.79 Å². The van der Waals surface area contributed by atoms with Gasteiger partial charge < -0.3 is 30.3 Å². The van der Waals surface area contributed by atoms with E-state index in [9.17, 15) is 10.1 Å². The summed E-state index contributed by atoms with van der Waals surface area (Å²) in [5, 5.41) is 21.6. The second-order valence-corrected chi connectivity index (χ2v) is 15.2. The molecule has 3 aromatic rings. The van der Waals surface area contributed by atoms with E-state index >= 15 is 0 Å². The molecule has 9 nitrogen and oxygen atoms in total. The van der Waals surface area contributed by atoms with Gasteiger partial charge in [0.15, 0.2) is 0 Å². The number of piperidine rings is 1. The van der Waals surface area contributed by atoms with Crippen LogP contribution in [0.25, 0.3) is 10.9 Å². The number of carbonyl (C=O) groups excluding carboxylic acids is 1. The molecule has 1 aliphatic heterocycles. The first kappa shape index (κ1) is 38.6. The topological polar surface area (TPSA) is 112 Å². The number of nitrogens with zero attached hydrogens (tertiary/aromatic N) is 3. The Morgan fingerprint density at radius 2 is 1.80 bits per heavy atom. The Kier molecular flexibility index (Phi) is 14.2. The Morgan fingerprint density at radius 3 is 2.47 bits per heavy atom. The van der Waals surface area contributed by atoms with Gasteiger partial charge in [0.25, 0.3) is 0 Å². The van der Waals surface area contributed by atoms with Gasteiger partial charge in [-0.3, -0.25) is 9.78 Å². The summed E-state index contributed by atoms with van der Waals surface area (Å²) < 4.78 is 12.3. The van der Waals surface area contributed by atoms with E-state index < -0.39 is 0 Å². The lowest BCUT2D eigenvalue weighted by Gasteiger charge is -2.46. The average Bonchev–Trinajstić information content (AvgIpc) is 3.11. The number of nitrogens with one attached hydrogen (secondary N) is 3. The van der Waals surface area contributed by atoms with E-state index in [1.54, 1.807) is 12.3 Å². The molecule has 2 heterocycles. The van der Waals surface area contributed by atoms with Crippen LogP contribution >= 0.6 is 11.6 Å². The molecule has 2 fully saturated rings. The van der Waals surface area contributed by atoms with Gasteiger partial charge in [0.1, 0.15) is 24.2 Å². The summed E-state index contributed by atoms with van der Waals surface area (Å²) in [5.74, 6) is 1.64. The molecule has 3 N–H and O–H groups in total. The number of ether oxygens (including phenoxy) is 2. The summed E-state index contributed by atoms with van der Waals surface area (Å²) in [7, 11) is 3.97. The molecule has 1 spiro atoms. The molecule has 1 saturated heterocycles. The van der Waals surface area contributed by atoms with E-state index in [1.165, 1.54) is 64.2 Å². The summed E-state index contributed by atoms with van der Waals surface area (Å²) in [6.07, 6.45) is 17.4. The second kappa shape index (κ2) is 18.8. The lowest BCUT2D eigenvalue weighted by molar-refractivity contribution is -0.116. The number of hydrogen-bond donors (Lipinski definition) is 3. The minimum Gasteiger partial charge on any atom is -0.492 e. The van der Waals surface area contributed by atoms with Crippen LogP contribution in [0.5, 0.6) is 11.5 Å². The van der Waals surface area contributed by atoms with Crippen LogP contribution < -0.4 is 25.4 Å². The Balaban J connectivity index is 1.29. The molecule has 2 atom stereocenters. The number of anilines is 3. The fraction of sp³-hybridized carbons (Fsp3) is 0.585. The van der Waals surface area contributed by atoms with E-state index in [4.69, 9.17) is 21.1 Å². The zero-order chi connectivity index (χ0) is 36.2. The molecule has 1 aromatic heterocycles. The molecular formula is C41H57ClN6O3. The largest absolute Gasteiger partial charge is 0.492 e. The number of fused-ring (bicyclic) bond motifs is 1. The van der Waals surface area contributed by atoms with Gasteiger partial charge in [0.05, 0.1) is 34.1 Å². The fourth-order valence-corrected chi connectivity index (χ4v) is 8.13. The van der Waals surface area contributed by atoms with E-state index in [0.29, 0.717) is 81.0 Å². The normalized spacial score (nSPS) is 19.4. The molecule has 5 rings (SSSR count). The molecule has 2 aromatic carbocycles. The van der Waals surface area contributed by atoms with Crippen molar-refractivity contribution in [3.05, 3.63) is 47.1 Å². The van der Waals surface area contributed by atoms with Crippen LogP contribution in [0.4, 0.5) is 17.1 Å². The maximum atomic E-state index is 12.9. The number of benzene rings is 2. The summed E-state index contributed by atoms with van der Waals surface area (Å²) in [6, 6.07) is 11.8. The molecule has 276 valence electrons. The zero-order valence-electron chi connectivity index (χ0n) is 31.1. The lowest BCUT2D eigenvalue weighted by Crippen LogP contribution is -2.53. The van der Waals surface area contributed by atoms with Crippen LogP contribution in [0.1, 0.15) is 103 Å². The Morgan fingerprint density at radius 1 is 1.06 bits per heavy atom. The number of nitriles is 1. The number of rotatable bonds is 13. The molecule has 1 saturated carbocycles. The van der Waals surface area contributed by atoms with Crippen molar-refractivity contribution >= 4 is 45.5 Å². The maximum Gasteiger partial charge on any atom is 0.224 e. The van der Waals surface area contributed by atoms with Gasteiger partial charge in [-0.05, 0) is 88.8 Å². The first-order chi connectivity index (χ1) is 24.7. The maximum absolute atomic E-state index is 12.9. The van der Waals surface area contributed by atoms with E-state index in [2.05, 4.69) is 38.8 Å². The van der Waals surface area contributed by atoms with Crippen molar-refractivity contribution in [2.75, 3.05) is 51.0 Å². The molecule has 1 aliphatic carbocycles. The van der Waals surface area contributed by atoms with Gasteiger partial charge >= 0.3 is 0 Å². The third-order valence-corrected chi connectivity index (χ3v) is 11.0. The van der Waals surface area contributed by atoms with E-state index in [-0.39, 0.29) is 11.9 Å². The molecule has 10 heteroatoms. The van der Waals surface area contributed by atoms with Crippen molar-refractivity contribution in [1.82, 2.24) is 15.2 Å². The van der Waals surface area contributed by atoms with Crippen molar-refractivity contribution in [3.63, 3.8) is 0 Å². The third-order valence-electron chi connectivity index (χ3n) is 10.7. The minimum atomic E-state index is -0.0998. The van der Waals surface area contributed by atoms with Gasteiger partial charge in [0.2, 0.25) is 5.91 Å². The molecular weight excluding hydrogens is 660 g/mol. The fourth-order valence-electron chi connectivity index (χ4n) is 7.90. The number of amides is 1. The van der Waals surface area contributed by atoms with Gasteiger partial charge in [-0.1, -0.05) is 69.9 Å².